The smallest absolute Gasteiger partial charge is 0.146 e. The number of benzene rings is 3. The first-order valence-electron chi connectivity index (χ1n) is 11.2. The monoisotopic (exact) mass is 444 g/mol. The van der Waals surface area contributed by atoms with E-state index in [1.54, 1.807) is 6.07 Å². The van der Waals surface area contributed by atoms with Crippen LogP contribution >= 0.6 is 0 Å². The van der Waals surface area contributed by atoms with Crippen molar-refractivity contribution >= 4 is 10.8 Å². The summed E-state index contributed by atoms with van der Waals surface area (Å²) in [6.07, 6.45) is 0. The van der Waals surface area contributed by atoms with Crippen LogP contribution in [0.5, 0.6) is 5.75 Å². The van der Waals surface area contributed by atoms with Crippen molar-refractivity contribution in [2.24, 2.45) is 5.92 Å². The van der Waals surface area contributed by atoms with Gasteiger partial charge in [-0.2, -0.15) is 0 Å². The fourth-order valence-electron chi connectivity index (χ4n) is 3.76. The number of aliphatic hydroxyl groups excluding tert-OH is 1. The summed E-state index contributed by atoms with van der Waals surface area (Å²) in [6.45, 7) is 4.75. The molecule has 170 valence electrons. The van der Waals surface area contributed by atoms with Gasteiger partial charge in [0.05, 0.1) is 18.0 Å². The van der Waals surface area contributed by atoms with Gasteiger partial charge in [0.25, 0.3) is 0 Å². The minimum Gasteiger partial charge on any atom is -0.488 e. The van der Waals surface area contributed by atoms with Gasteiger partial charge in [-0.15, -0.1) is 0 Å². The van der Waals surface area contributed by atoms with Gasteiger partial charge in [0, 0.05) is 23.5 Å². The fourth-order valence-corrected chi connectivity index (χ4v) is 3.76. The van der Waals surface area contributed by atoms with Gasteiger partial charge in [-0.25, -0.2) is 9.37 Å². The molecule has 4 rings (SSSR count). The van der Waals surface area contributed by atoms with Crippen LogP contribution in [0.2, 0.25) is 0 Å². The molecule has 2 N–H and O–H groups in total. The molecular formula is C28H29FN2O2. The number of hydrogen-bond donors (Lipinski definition) is 2. The van der Waals surface area contributed by atoms with Crippen LogP contribution in [-0.4, -0.2) is 22.7 Å². The molecule has 0 fully saturated rings. The Labute approximate surface area is 194 Å². The van der Waals surface area contributed by atoms with E-state index in [4.69, 9.17) is 4.74 Å². The standard InChI is InChI=1S/C28H29FN2O2/c1-19(2)27(17-32)30-16-26-24(29)14-15-25(31-26)22-12-10-20(11-13-22)18-33-28-9-5-7-21-6-3-4-8-23(21)28/h3-15,19,27,30,32H,16-18H2,1-2H3/t27-/m0/s1. The molecule has 0 amide bonds. The lowest BCUT2D eigenvalue weighted by molar-refractivity contribution is 0.209. The molecule has 4 nitrogen and oxygen atoms in total. The van der Waals surface area contributed by atoms with Crippen LogP contribution in [-0.2, 0) is 13.2 Å². The van der Waals surface area contributed by atoms with Crippen LogP contribution in [0.1, 0.15) is 25.1 Å². The van der Waals surface area contributed by atoms with Gasteiger partial charge in [0.15, 0.2) is 0 Å². The van der Waals surface area contributed by atoms with Gasteiger partial charge in [-0.1, -0.05) is 74.5 Å². The van der Waals surface area contributed by atoms with Gasteiger partial charge in [0.2, 0.25) is 0 Å². The molecule has 0 unspecified atom stereocenters. The van der Waals surface area contributed by atoms with Crippen molar-refractivity contribution in [3.63, 3.8) is 0 Å². The fraction of sp³-hybridized carbons (Fsp3) is 0.250. The van der Waals surface area contributed by atoms with Crippen LogP contribution in [0.4, 0.5) is 4.39 Å². The Morgan fingerprint density at radius 3 is 2.45 bits per heavy atom. The molecule has 1 atom stereocenters. The summed E-state index contributed by atoms with van der Waals surface area (Å²) in [4.78, 5) is 4.52. The molecule has 0 bridgehead atoms. The second-order valence-corrected chi connectivity index (χ2v) is 8.50. The minimum absolute atomic E-state index is 0.00127. The molecular weight excluding hydrogens is 415 g/mol. The lowest BCUT2D eigenvalue weighted by Gasteiger charge is -2.20. The molecule has 0 saturated carbocycles. The SMILES string of the molecule is CC(C)[C@H](CO)NCc1nc(-c2ccc(COc3cccc4ccccc34)cc2)ccc1F. The van der Waals surface area contributed by atoms with Gasteiger partial charge < -0.3 is 15.2 Å². The number of nitrogens with zero attached hydrogens (tertiary/aromatic N) is 1. The first kappa shape index (κ1) is 22.9. The average molecular weight is 445 g/mol. The van der Waals surface area contributed by atoms with E-state index in [0.29, 0.717) is 18.0 Å². The number of nitrogens with one attached hydrogen (secondary N) is 1. The summed E-state index contributed by atoms with van der Waals surface area (Å²) in [5.41, 5.74) is 3.00. The van der Waals surface area contributed by atoms with E-state index >= 15 is 0 Å². The van der Waals surface area contributed by atoms with Crippen LogP contribution in [0.15, 0.2) is 78.9 Å². The Morgan fingerprint density at radius 1 is 0.939 bits per heavy atom. The van der Waals surface area contributed by atoms with Crippen molar-refractivity contribution in [1.29, 1.82) is 0 Å². The normalized spacial score (nSPS) is 12.3. The number of aliphatic hydroxyl groups is 1. The lowest BCUT2D eigenvalue weighted by Crippen LogP contribution is -2.36. The molecule has 4 aromatic rings. The van der Waals surface area contributed by atoms with E-state index in [9.17, 15) is 9.50 Å². The van der Waals surface area contributed by atoms with E-state index in [1.807, 2.05) is 62.4 Å². The topological polar surface area (TPSA) is 54.4 Å². The molecule has 0 aliphatic carbocycles. The number of halogens is 1. The highest BCUT2D eigenvalue weighted by molar-refractivity contribution is 5.88. The van der Waals surface area contributed by atoms with E-state index in [2.05, 4.69) is 28.5 Å². The second-order valence-electron chi connectivity index (χ2n) is 8.50. The predicted molar refractivity (Wildman–Crippen MR) is 130 cm³/mol. The Hall–Kier alpha value is -3.28. The summed E-state index contributed by atoms with van der Waals surface area (Å²) in [6, 6.07) is 25.2. The Morgan fingerprint density at radius 2 is 1.70 bits per heavy atom. The van der Waals surface area contributed by atoms with Gasteiger partial charge >= 0.3 is 0 Å². The quantitative estimate of drug-likeness (QED) is 0.346. The molecule has 5 heteroatoms. The van der Waals surface area contributed by atoms with Crippen LogP contribution in [0, 0.1) is 11.7 Å². The van der Waals surface area contributed by atoms with E-state index in [1.165, 1.54) is 6.07 Å². The third-order valence-corrected chi connectivity index (χ3v) is 5.85. The highest BCUT2D eigenvalue weighted by Crippen LogP contribution is 2.26. The summed E-state index contributed by atoms with van der Waals surface area (Å²) >= 11 is 0. The zero-order valence-corrected chi connectivity index (χ0v) is 19.0. The summed E-state index contributed by atoms with van der Waals surface area (Å²) in [5, 5.41) is 14.9. The average Bonchev–Trinajstić information content (AvgIpc) is 2.84. The molecule has 0 aliphatic heterocycles. The van der Waals surface area contributed by atoms with E-state index in [0.717, 1.165) is 27.6 Å². The molecule has 0 spiro atoms. The number of fused-ring (bicyclic) bond motifs is 1. The zero-order chi connectivity index (χ0) is 23.2. The Kier molecular flexibility index (Phi) is 7.33. The number of hydrogen-bond acceptors (Lipinski definition) is 4. The molecule has 1 heterocycles. The van der Waals surface area contributed by atoms with Crippen LogP contribution in [0.25, 0.3) is 22.0 Å². The Balaban J connectivity index is 1.44. The number of ether oxygens (including phenoxy) is 1. The highest BCUT2D eigenvalue weighted by Gasteiger charge is 2.14. The summed E-state index contributed by atoms with van der Waals surface area (Å²) in [7, 11) is 0. The Bertz CT molecular complexity index is 1200. The molecule has 3 aromatic carbocycles. The maximum Gasteiger partial charge on any atom is 0.146 e. The van der Waals surface area contributed by atoms with Gasteiger partial charge in [-0.3, -0.25) is 0 Å². The lowest BCUT2D eigenvalue weighted by atomic mass is 10.1. The first-order chi connectivity index (χ1) is 16.0. The molecule has 1 aromatic heterocycles. The maximum absolute atomic E-state index is 14.3. The van der Waals surface area contributed by atoms with E-state index in [-0.39, 0.29) is 30.9 Å². The molecule has 0 aliphatic rings. The second kappa shape index (κ2) is 10.6. The van der Waals surface area contributed by atoms with Gasteiger partial charge in [0.1, 0.15) is 18.2 Å². The van der Waals surface area contributed by atoms with Crippen molar-refractivity contribution in [1.82, 2.24) is 10.3 Å². The number of aromatic nitrogens is 1. The third-order valence-electron chi connectivity index (χ3n) is 5.85. The molecule has 0 saturated heterocycles. The number of pyridine rings is 1. The number of rotatable bonds is 9. The van der Waals surface area contributed by atoms with Crippen molar-refractivity contribution in [2.75, 3.05) is 6.61 Å². The van der Waals surface area contributed by atoms with E-state index < -0.39 is 0 Å². The van der Waals surface area contributed by atoms with Gasteiger partial charge in [-0.05, 0) is 35.1 Å². The maximum atomic E-state index is 14.3. The largest absolute Gasteiger partial charge is 0.488 e. The summed E-state index contributed by atoms with van der Waals surface area (Å²) < 4.78 is 20.4. The van der Waals surface area contributed by atoms with Crippen LogP contribution in [0.3, 0.4) is 0 Å². The first-order valence-corrected chi connectivity index (χ1v) is 11.2. The van der Waals surface area contributed by atoms with Crippen molar-refractivity contribution in [2.45, 2.75) is 33.0 Å². The minimum atomic E-state index is -0.355. The molecule has 33 heavy (non-hydrogen) atoms. The van der Waals surface area contributed by atoms with Crippen molar-refractivity contribution in [3.05, 3.63) is 95.9 Å². The summed E-state index contributed by atoms with van der Waals surface area (Å²) in [5.74, 6) is 0.744. The van der Waals surface area contributed by atoms with Crippen molar-refractivity contribution < 1.29 is 14.2 Å². The third kappa shape index (κ3) is 5.56. The predicted octanol–water partition coefficient (Wildman–Crippen LogP) is 5.73. The van der Waals surface area contributed by atoms with Crippen LogP contribution < -0.4 is 10.1 Å². The highest BCUT2D eigenvalue weighted by atomic mass is 19.1. The zero-order valence-electron chi connectivity index (χ0n) is 19.0. The molecule has 0 radical (unpaired) electrons. The van der Waals surface area contributed by atoms with Crippen molar-refractivity contribution in [3.8, 4) is 17.0 Å².